The molecule has 20 heavy (non-hydrogen) atoms. The van der Waals surface area contributed by atoms with Gasteiger partial charge in [-0.05, 0) is 71.8 Å². The van der Waals surface area contributed by atoms with E-state index >= 15 is 0 Å². The summed E-state index contributed by atoms with van der Waals surface area (Å²) >= 11 is 0. The van der Waals surface area contributed by atoms with Crippen LogP contribution in [0.2, 0.25) is 0 Å². The zero-order chi connectivity index (χ0) is 14.4. The first kappa shape index (κ1) is 16.3. The lowest BCUT2D eigenvalue weighted by Crippen LogP contribution is -2.45. The van der Waals surface area contributed by atoms with Crippen LogP contribution in [0, 0.1) is 5.41 Å². The molecule has 0 bridgehead atoms. The summed E-state index contributed by atoms with van der Waals surface area (Å²) in [4.78, 5) is 4.88. The van der Waals surface area contributed by atoms with Crippen molar-refractivity contribution in [1.82, 2.24) is 15.1 Å². The minimum absolute atomic E-state index is 0.563. The van der Waals surface area contributed by atoms with E-state index in [2.05, 4.69) is 36.3 Å². The maximum Gasteiger partial charge on any atom is 0.00684 e. The normalized spacial score (nSPS) is 22.6. The highest BCUT2D eigenvalue weighted by molar-refractivity contribution is 4.91. The van der Waals surface area contributed by atoms with Crippen LogP contribution in [0.5, 0.6) is 0 Å². The Morgan fingerprint density at radius 1 is 1.00 bits per heavy atom. The molecule has 0 unspecified atom stereocenters. The third kappa shape index (κ3) is 5.71. The molecule has 2 rings (SSSR count). The van der Waals surface area contributed by atoms with Gasteiger partial charge in [-0.3, -0.25) is 0 Å². The van der Waals surface area contributed by atoms with E-state index in [0.717, 1.165) is 6.04 Å². The molecule has 0 aromatic carbocycles. The van der Waals surface area contributed by atoms with E-state index in [9.17, 15) is 0 Å². The molecule has 118 valence electrons. The van der Waals surface area contributed by atoms with Crippen LogP contribution in [0.25, 0.3) is 0 Å². The Hall–Kier alpha value is -0.120. The van der Waals surface area contributed by atoms with Gasteiger partial charge in [-0.15, -0.1) is 0 Å². The summed E-state index contributed by atoms with van der Waals surface area (Å²) in [6.45, 7) is 5.00. The molecule has 0 aliphatic heterocycles. The number of hydrogen-bond acceptors (Lipinski definition) is 3. The summed E-state index contributed by atoms with van der Waals surface area (Å²) in [6, 6.07) is 0.854. The average molecular weight is 281 g/mol. The molecule has 0 heterocycles. The summed E-state index contributed by atoms with van der Waals surface area (Å²) in [7, 11) is 6.66. The van der Waals surface area contributed by atoms with Gasteiger partial charge in [-0.2, -0.15) is 0 Å². The highest BCUT2D eigenvalue weighted by atomic mass is 15.1. The molecule has 0 amide bonds. The maximum absolute atomic E-state index is 3.81. The molecular formula is C17H35N3. The molecule has 2 saturated carbocycles. The number of rotatable bonds is 9. The largest absolute Gasteiger partial charge is 0.313 e. The van der Waals surface area contributed by atoms with E-state index < -0.39 is 0 Å². The average Bonchev–Trinajstić information content (AvgIpc) is 3.21. The highest BCUT2D eigenvalue weighted by Crippen LogP contribution is 2.37. The van der Waals surface area contributed by atoms with Crippen LogP contribution in [-0.4, -0.2) is 63.2 Å². The summed E-state index contributed by atoms with van der Waals surface area (Å²) in [6.07, 6.45) is 11.3. The molecule has 3 heteroatoms. The summed E-state index contributed by atoms with van der Waals surface area (Å²) in [5.74, 6) is 0. The zero-order valence-corrected chi connectivity index (χ0v) is 14.0. The van der Waals surface area contributed by atoms with Crippen molar-refractivity contribution in [3.8, 4) is 0 Å². The first-order valence-corrected chi connectivity index (χ1v) is 8.66. The lowest BCUT2D eigenvalue weighted by atomic mass is 9.73. The van der Waals surface area contributed by atoms with Gasteiger partial charge in [0.15, 0.2) is 0 Å². The van der Waals surface area contributed by atoms with Gasteiger partial charge < -0.3 is 15.1 Å². The lowest BCUT2D eigenvalue weighted by Gasteiger charge is -2.40. The predicted octanol–water partition coefficient (Wildman–Crippen LogP) is 2.57. The Morgan fingerprint density at radius 2 is 1.70 bits per heavy atom. The molecule has 0 radical (unpaired) electrons. The van der Waals surface area contributed by atoms with Gasteiger partial charge >= 0.3 is 0 Å². The predicted molar refractivity (Wildman–Crippen MR) is 87.2 cm³/mol. The minimum Gasteiger partial charge on any atom is -0.313 e. The van der Waals surface area contributed by atoms with E-state index in [1.165, 1.54) is 77.5 Å². The third-order valence-electron chi connectivity index (χ3n) is 5.01. The van der Waals surface area contributed by atoms with Crippen LogP contribution in [-0.2, 0) is 0 Å². The molecular weight excluding hydrogens is 246 g/mol. The van der Waals surface area contributed by atoms with Crippen molar-refractivity contribution in [3.63, 3.8) is 0 Å². The molecule has 3 nitrogen and oxygen atoms in total. The maximum atomic E-state index is 3.81. The number of nitrogens with zero attached hydrogens (tertiary/aromatic N) is 2. The van der Waals surface area contributed by atoms with Crippen molar-refractivity contribution in [2.24, 2.45) is 5.41 Å². The van der Waals surface area contributed by atoms with Crippen molar-refractivity contribution in [2.45, 2.75) is 57.4 Å². The fraction of sp³-hybridized carbons (Fsp3) is 1.00. The molecule has 0 aromatic rings. The van der Waals surface area contributed by atoms with E-state index in [4.69, 9.17) is 0 Å². The standard InChI is InChI=1S/C17H35N3/c1-19(2)12-7-13-20(3)15-17(10-5-4-6-11-17)14-18-16-8-9-16/h16,18H,4-15H2,1-3H3. The van der Waals surface area contributed by atoms with E-state index in [1.807, 2.05) is 0 Å². The van der Waals surface area contributed by atoms with Crippen molar-refractivity contribution in [2.75, 3.05) is 47.3 Å². The van der Waals surface area contributed by atoms with Gasteiger partial charge in [0, 0.05) is 19.1 Å². The summed E-state index contributed by atoms with van der Waals surface area (Å²) in [5.41, 5.74) is 0.563. The number of hydrogen-bond donors (Lipinski definition) is 1. The van der Waals surface area contributed by atoms with Crippen molar-refractivity contribution < 1.29 is 0 Å². The molecule has 0 aromatic heterocycles. The molecule has 2 aliphatic carbocycles. The highest BCUT2D eigenvalue weighted by Gasteiger charge is 2.34. The van der Waals surface area contributed by atoms with E-state index in [1.54, 1.807) is 0 Å². The van der Waals surface area contributed by atoms with E-state index in [-0.39, 0.29) is 0 Å². The third-order valence-corrected chi connectivity index (χ3v) is 5.01. The Morgan fingerprint density at radius 3 is 2.30 bits per heavy atom. The Kier molecular flexibility index (Phi) is 6.31. The SMILES string of the molecule is CN(C)CCCN(C)CC1(CNC2CC2)CCCCC1. The van der Waals surface area contributed by atoms with Crippen LogP contribution >= 0.6 is 0 Å². The zero-order valence-electron chi connectivity index (χ0n) is 14.0. The van der Waals surface area contributed by atoms with Gasteiger partial charge in [0.1, 0.15) is 0 Å². The van der Waals surface area contributed by atoms with Gasteiger partial charge in [-0.1, -0.05) is 19.3 Å². The number of nitrogens with one attached hydrogen (secondary N) is 1. The first-order chi connectivity index (χ1) is 9.60. The van der Waals surface area contributed by atoms with Gasteiger partial charge in [0.25, 0.3) is 0 Å². The molecule has 0 saturated heterocycles. The molecule has 0 atom stereocenters. The van der Waals surface area contributed by atoms with Crippen LogP contribution in [0.4, 0.5) is 0 Å². The topological polar surface area (TPSA) is 18.5 Å². The molecule has 2 aliphatic rings. The first-order valence-electron chi connectivity index (χ1n) is 8.66. The smallest absolute Gasteiger partial charge is 0.00684 e. The minimum atomic E-state index is 0.563. The second kappa shape index (κ2) is 7.77. The second-order valence-electron chi connectivity index (χ2n) is 7.61. The van der Waals surface area contributed by atoms with Crippen molar-refractivity contribution >= 4 is 0 Å². The Balaban J connectivity index is 1.76. The fourth-order valence-electron chi connectivity index (χ4n) is 3.65. The Labute approximate surface area is 126 Å². The molecule has 2 fully saturated rings. The van der Waals surface area contributed by atoms with Gasteiger partial charge in [0.2, 0.25) is 0 Å². The van der Waals surface area contributed by atoms with E-state index in [0.29, 0.717) is 5.41 Å². The van der Waals surface area contributed by atoms with Crippen molar-refractivity contribution in [1.29, 1.82) is 0 Å². The molecule has 0 spiro atoms. The Bertz CT molecular complexity index is 267. The van der Waals surface area contributed by atoms with Crippen LogP contribution in [0.3, 0.4) is 0 Å². The quantitative estimate of drug-likeness (QED) is 0.701. The van der Waals surface area contributed by atoms with Crippen molar-refractivity contribution in [3.05, 3.63) is 0 Å². The van der Waals surface area contributed by atoms with Crippen LogP contribution < -0.4 is 5.32 Å². The summed E-state index contributed by atoms with van der Waals surface area (Å²) in [5, 5.41) is 3.81. The summed E-state index contributed by atoms with van der Waals surface area (Å²) < 4.78 is 0. The van der Waals surface area contributed by atoms with Crippen LogP contribution in [0.1, 0.15) is 51.4 Å². The van der Waals surface area contributed by atoms with Crippen LogP contribution in [0.15, 0.2) is 0 Å². The van der Waals surface area contributed by atoms with Gasteiger partial charge in [0.05, 0.1) is 0 Å². The second-order valence-corrected chi connectivity index (χ2v) is 7.61. The monoisotopic (exact) mass is 281 g/mol. The van der Waals surface area contributed by atoms with Gasteiger partial charge in [-0.25, -0.2) is 0 Å². The molecule has 1 N–H and O–H groups in total. The lowest BCUT2D eigenvalue weighted by molar-refractivity contribution is 0.115. The fourth-order valence-corrected chi connectivity index (χ4v) is 3.65.